The van der Waals surface area contributed by atoms with Crippen LogP contribution in [0.25, 0.3) is 22.6 Å². The highest BCUT2D eigenvalue weighted by molar-refractivity contribution is 5.76. The molecule has 0 fully saturated rings. The molecule has 0 atom stereocenters. The maximum Gasteiger partial charge on any atom is 0.173 e. The van der Waals surface area contributed by atoms with Crippen molar-refractivity contribution >= 4 is 0 Å². The van der Waals surface area contributed by atoms with Crippen LogP contribution in [0.1, 0.15) is 5.56 Å². The Kier molecular flexibility index (Phi) is 4.90. The molecule has 2 aromatic carbocycles. The fraction of sp³-hybridized carbons (Fsp3) is 0.211. The number of aliphatic hydroxyl groups excluding tert-OH is 1. The van der Waals surface area contributed by atoms with Crippen molar-refractivity contribution in [2.45, 2.75) is 6.61 Å². The lowest BCUT2D eigenvalue weighted by Crippen LogP contribution is -1.94. The van der Waals surface area contributed by atoms with Gasteiger partial charge in [0.25, 0.3) is 0 Å². The summed E-state index contributed by atoms with van der Waals surface area (Å²) in [5.41, 5.74) is 2.65. The minimum atomic E-state index is -0.213. The van der Waals surface area contributed by atoms with Crippen LogP contribution in [-0.2, 0) is 6.61 Å². The number of rotatable bonds is 6. The summed E-state index contributed by atoms with van der Waals surface area (Å²) in [6.07, 6.45) is 0. The van der Waals surface area contributed by atoms with E-state index < -0.39 is 0 Å². The SMILES string of the molecule is COc1ccc(-c2onc(-c3ccc(OC)cc3OC)c2CO)cc1. The summed E-state index contributed by atoms with van der Waals surface area (Å²) in [5.74, 6) is 2.51. The van der Waals surface area contributed by atoms with Gasteiger partial charge in [0.15, 0.2) is 5.76 Å². The highest BCUT2D eigenvalue weighted by atomic mass is 16.5. The molecule has 0 amide bonds. The first-order valence-corrected chi connectivity index (χ1v) is 7.68. The molecule has 1 heterocycles. The van der Waals surface area contributed by atoms with Crippen molar-refractivity contribution in [1.29, 1.82) is 0 Å². The van der Waals surface area contributed by atoms with E-state index in [1.54, 1.807) is 33.5 Å². The Labute approximate surface area is 145 Å². The first-order valence-electron chi connectivity index (χ1n) is 7.68. The third kappa shape index (κ3) is 3.16. The normalized spacial score (nSPS) is 10.6. The average molecular weight is 341 g/mol. The molecule has 0 radical (unpaired) electrons. The first kappa shape index (κ1) is 16.9. The van der Waals surface area contributed by atoms with E-state index in [0.29, 0.717) is 28.5 Å². The van der Waals surface area contributed by atoms with Crippen molar-refractivity contribution in [3.05, 3.63) is 48.0 Å². The number of benzene rings is 2. The van der Waals surface area contributed by atoms with Crippen LogP contribution in [-0.4, -0.2) is 31.6 Å². The van der Waals surface area contributed by atoms with Crippen molar-refractivity contribution in [2.24, 2.45) is 0 Å². The van der Waals surface area contributed by atoms with Gasteiger partial charge in [-0.1, -0.05) is 5.16 Å². The summed E-state index contributed by atoms with van der Waals surface area (Å²) in [5, 5.41) is 14.0. The van der Waals surface area contributed by atoms with Gasteiger partial charge in [0, 0.05) is 17.2 Å². The summed E-state index contributed by atoms with van der Waals surface area (Å²) < 4.78 is 21.3. The lowest BCUT2D eigenvalue weighted by molar-refractivity contribution is 0.281. The minimum absolute atomic E-state index is 0.213. The van der Waals surface area contributed by atoms with E-state index in [2.05, 4.69) is 5.16 Å². The van der Waals surface area contributed by atoms with Crippen LogP contribution in [0.3, 0.4) is 0 Å². The molecule has 6 nitrogen and oxygen atoms in total. The third-order valence-corrected chi connectivity index (χ3v) is 3.96. The van der Waals surface area contributed by atoms with Crippen LogP contribution < -0.4 is 14.2 Å². The number of hydrogen-bond donors (Lipinski definition) is 1. The summed E-state index contributed by atoms with van der Waals surface area (Å²) in [6.45, 7) is -0.213. The Morgan fingerprint density at radius 3 is 2.20 bits per heavy atom. The molecule has 0 saturated heterocycles. The molecule has 0 saturated carbocycles. The molecular weight excluding hydrogens is 322 g/mol. The fourth-order valence-corrected chi connectivity index (χ4v) is 2.63. The molecule has 3 rings (SSSR count). The van der Waals surface area contributed by atoms with E-state index >= 15 is 0 Å². The Bertz CT molecular complexity index is 855. The molecule has 0 aliphatic rings. The number of aromatic nitrogens is 1. The van der Waals surface area contributed by atoms with Gasteiger partial charge in [-0.25, -0.2) is 0 Å². The van der Waals surface area contributed by atoms with Crippen molar-refractivity contribution < 1.29 is 23.8 Å². The molecule has 3 aromatic rings. The Morgan fingerprint density at radius 2 is 1.60 bits per heavy atom. The third-order valence-electron chi connectivity index (χ3n) is 3.96. The molecule has 130 valence electrons. The second kappa shape index (κ2) is 7.27. The highest BCUT2D eigenvalue weighted by Gasteiger charge is 2.21. The molecule has 6 heteroatoms. The van der Waals surface area contributed by atoms with Gasteiger partial charge in [-0.15, -0.1) is 0 Å². The number of methoxy groups -OCH3 is 3. The molecular formula is C19H19NO5. The maximum absolute atomic E-state index is 9.89. The zero-order valence-electron chi connectivity index (χ0n) is 14.3. The molecule has 0 aliphatic heterocycles. The van der Waals surface area contributed by atoms with Crippen LogP contribution in [0.2, 0.25) is 0 Å². The number of aliphatic hydroxyl groups is 1. The van der Waals surface area contributed by atoms with Crippen LogP contribution in [0.4, 0.5) is 0 Å². The van der Waals surface area contributed by atoms with Crippen molar-refractivity contribution in [1.82, 2.24) is 5.16 Å². The quantitative estimate of drug-likeness (QED) is 0.739. The molecule has 0 bridgehead atoms. The second-order valence-corrected chi connectivity index (χ2v) is 5.29. The van der Waals surface area contributed by atoms with E-state index in [-0.39, 0.29) is 6.61 Å². The van der Waals surface area contributed by atoms with Crippen LogP contribution >= 0.6 is 0 Å². The summed E-state index contributed by atoms with van der Waals surface area (Å²) in [7, 11) is 4.77. The molecule has 1 N–H and O–H groups in total. The smallest absolute Gasteiger partial charge is 0.173 e. The van der Waals surface area contributed by atoms with Gasteiger partial charge in [0.05, 0.1) is 33.5 Å². The molecule has 1 aromatic heterocycles. The Morgan fingerprint density at radius 1 is 0.920 bits per heavy atom. The van der Waals surface area contributed by atoms with E-state index in [1.807, 2.05) is 30.3 Å². The van der Waals surface area contributed by atoms with E-state index in [0.717, 1.165) is 16.9 Å². The Hall–Kier alpha value is -2.99. The van der Waals surface area contributed by atoms with Gasteiger partial charge in [0.2, 0.25) is 0 Å². The lowest BCUT2D eigenvalue weighted by Gasteiger charge is -2.09. The maximum atomic E-state index is 9.89. The van der Waals surface area contributed by atoms with E-state index in [9.17, 15) is 5.11 Å². The molecule has 0 aliphatic carbocycles. The number of ether oxygens (including phenoxy) is 3. The summed E-state index contributed by atoms with van der Waals surface area (Å²) in [6, 6.07) is 12.8. The Balaban J connectivity index is 2.08. The van der Waals surface area contributed by atoms with Gasteiger partial charge >= 0.3 is 0 Å². The van der Waals surface area contributed by atoms with Gasteiger partial charge < -0.3 is 23.8 Å². The predicted molar refractivity (Wildman–Crippen MR) is 93.0 cm³/mol. The van der Waals surface area contributed by atoms with Gasteiger partial charge in [-0.3, -0.25) is 0 Å². The predicted octanol–water partition coefficient (Wildman–Crippen LogP) is 3.53. The number of nitrogens with zero attached hydrogens (tertiary/aromatic N) is 1. The molecule has 0 unspecified atom stereocenters. The van der Waals surface area contributed by atoms with E-state index in [1.165, 1.54) is 0 Å². The van der Waals surface area contributed by atoms with Gasteiger partial charge in [-0.2, -0.15) is 0 Å². The van der Waals surface area contributed by atoms with Gasteiger partial charge in [0.1, 0.15) is 22.9 Å². The van der Waals surface area contributed by atoms with Crippen LogP contribution in [0.5, 0.6) is 17.2 Å². The van der Waals surface area contributed by atoms with Crippen molar-refractivity contribution in [3.63, 3.8) is 0 Å². The standard InChI is InChI=1S/C19H19NO5/c1-22-13-6-4-12(5-7-13)19-16(11-21)18(20-25-19)15-9-8-14(23-2)10-17(15)24-3/h4-10,21H,11H2,1-3H3. The lowest BCUT2D eigenvalue weighted by atomic mass is 10.0. The van der Waals surface area contributed by atoms with Gasteiger partial charge in [-0.05, 0) is 36.4 Å². The minimum Gasteiger partial charge on any atom is -0.497 e. The van der Waals surface area contributed by atoms with Crippen molar-refractivity contribution in [3.8, 4) is 39.8 Å². The number of hydrogen-bond acceptors (Lipinski definition) is 6. The zero-order valence-corrected chi connectivity index (χ0v) is 14.3. The summed E-state index contributed by atoms with van der Waals surface area (Å²) >= 11 is 0. The largest absolute Gasteiger partial charge is 0.497 e. The van der Waals surface area contributed by atoms with Crippen LogP contribution in [0, 0.1) is 0 Å². The van der Waals surface area contributed by atoms with Crippen LogP contribution in [0.15, 0.2) is 47.0 Å². The highest BCUT2D eigenvalue weighted by Crippen LogP contribution is 2.38. The summed E-state index contributed by atoms with van der Waals surface area (Å²) in [4.78, 5) is 0. The molecule has 0 spiro atoms. The first-order chi connectivity index (χ1) is 12.2. The fourth-order valence-electron chi connectivity index (χ4n) is 2.63. The second-order valence-electron chi connectivity index (χ2n) is 5.29. The van der Waals surface area contributed by atoms with Crippen molar-refractivity contribution in [2.75, 3.05) is 21.3 Å². The topological polar surface area (TPSA) is 74.0 Å². The molecule has 25 heavy (non-hydrogen) atoms. The van der Waals surface area contributed by atoms with E-state index in [4.69, 9.17) is 18.7 Å². The zero-order chi connectivity index (χ0) is 17.8. The monoisotopic (exact) mass is 341 g/mol. The average Bonchev–Trinajstić information content (AvgIpc) is 3.11.